The monoisotopic (exact) mass is 245 g/mol. The Morgan fingerprint density at radius 1 is 1.33 bits per heavy atom. The van der Waals surface area contributed by atoms with E-state index in [1.54, 1.807) is 18.2 Å². The van der Waals surface area contributed by atoms with E-state index in [4.69, 9.17) is 28.9 Å². The summed E-state index contributed by atoms with van der Waals surface area (Å²) in [6.07, 6.45) is 1.55. The van der Waals surface area contributed by atoms with Crippen molar-refractivity contribution in [2.24, 2.45) is 5.73 Å². The molecule has 1 rings (SSSR count). The molecule has 0 saturated carbocycles. The van der Waals surface area contributed by atoms with Crippen molar-refractivity contribution in [3.8, 4) is 0 Å². The summed E-state index contributed by atoms with van der Waals surface area (Å²) >= 11 is 11.8. The van der Waals surface area contributed by atoms with E-state index >= 15 is 0 Å². The third-order valence-electron chi connectivity index (χ3n) is 2.06. The number of rotatable bonds is 5. The van der Waals surface area contributed by atoms with E-state index in [0.29, 0.717) is 29.4 Å². The van der Waals surface area contributed by atoms with Gasteiger partial charge >= 0.3 is 0 Å². The molecule has 1 aromatic carbocycles. The maximum atomic E-state index is 11.5. The maximum absolute atomic E-state index is 11.5. The first-order valence-corrected chi connectivity index (χ1v) is 5.54. The molecule has 0 atom stereocenters. The van der Waals surface area contributed by atoms with Gasteiger partial charge in [-0.2, -0.15) is 0 Å². The molecule has 0 spiro atoms. The van der Waals surface area contributed by atoms with E-state index in [0.717, 1.165) is 12.0 Å². The smallest absolute Gasteiger partial charge is 0.137 e. The van der Waals surface area contributed by atoms with Crippen LogP contribution in [0.4, 0.5) is 0 Å². The SMILES string of the molecule is NCCCC(=O)Cc1cc(Cl)ccc1Cl. The number of benzene rings is 1. The number of ketones is 1. The Morgan fingerprint density at radius 3 is 2.73 bits per heavy atom. The molecule has 0 unspecified atom stereocenters. The van der Waals surface area contributed by atoms with Crippen LogP contribution in [0.1, 0.15) is 18.4 Å². The fourth-order valence-electron chi connectivity index (χ4n) is 1.28. The molecule has 82 valence electrons. The molecule has 2 N–H and O–H groups in total. The highest BCUT2D eigenvalue weighted by molar-refractivity contribution is 6.33. The average molecular weight is 246 g/mol. The van der Waals surface area contributed by atoms with Crippen molar-refractivity contribution in [3.63, 3.8) is 0 Å². The van der Waals surface area contributed by atoms with Gasteiger partial charge in [-0.25, -0.2) is 0 Å². The van der Waals surface area contributed by atoms with E-state index in [1.807, 2.05) is 0 Å². The highest BCUT2D eigenvalue weighted by Crippen LogP contribution is 2.21. The second kappa shape index (κ2) is 6.11. The van der Waals surface area contributed by atoms with Gasteiger partial charge in [-0.15, -0.1) is 0 Å². The maximum Gasteiger partial charge on any atom is 0.137 e. The summed E-state index contributed by atoms with van der Waals surface area (Å²) in [4.78, 5) is 11.5. The van der Waals surface area contributed by atoms with Crippen LogP contribution in [0, 0.1) is 0 Å². The summed E-state index contributed by atoms with van der Waals surface area (Å²) in [5, 5.41) is 1.18. The highest BCUT2D eigenvalue weighted by Gasteiger charge is 2.07. The Hall–Kier alpha value is -0.570. The van der Waals surface area contributed by atoms with Gasteiger partial charge in [0.25, 0.3) is 0 Å². The van der Waals surface area contributed by atoms with Crippen LogP contribution in [-0.4, -0.2) is 12.3 Å². The first-order valence-electron chi connectivity index (χ1n) is 4.79. The van der Waals surface area contributed by atoms with Gasteiger partial charge in [-0.05, 0) is 36.7 Å². The van der Waals surface area contributed by atoms with Gasteiger partial charge in [0.05, 0.1) is 0 Å². The first-order chi connectivity index (χ1) is 7.13. The van der Waals surface area contributed by atoms with Crippen LogP contribution in [0.3, 0.4) is 0 Å². The third kappa shape index (κ3) is 4.20. The third-order valence-corrected chi connectivity index (χ3v) is 2.66. The summed E-state index contributed by atoms with van der Waals surface area (Å²) < 4.78 is 0. The van der Waals surface area contributed by atoms with Gasteiger partial charge < -0.3 is 5.73 Å². The van der Waals surface area contributed by atoms with Gasteiger partial charge in [-0.3, -0.25) is 4.79 Å². The molecule has 2 nitrogen and oxygen atoms in total. The van der Waals surface area contributed by atoms with E-state index in [9.17, 15) is 4.79 Å². The number of nitrogens with two attached hydrogens (primary N) is 1. The van der Waals surface area contributed by atoms with Crippen molar-refractivity contribution >= 4 is 29.0 Å². The predicted octanol–water partition coefficient (Wildman–Crippen LogP) is 2.84. The van der Waals surface area contributed by atoms with E-state index < -0.39 is 0 Å². The number of carbonyl (C=O) groups is 1. The number of hydrogen-bond donors (Lipinski definition) is 1. The lowest BCUT2D eigenvalue weighted by molar-refractivity contribution is -0.118. The van der Waals surface area contributed by atoms with E-state index in [1.165, 1.54) is 0 Å². The molecule has 0 fully saturated rings. The Morgan fingerprint density at radius 2 is 2.07 bits per heavy atom. The zero-order valence-corrected chi connectivity index (χ0v) is 9.81. The Balaban J connectivity index is 2.63. The van der Waals surface area contributed by atoms with Gasteiger partial charge in [0, 0.05) is 22.9 Å². The summed E-state index contributed by atoms with van der Waals surface area (Å²) in [7, 11) is 0. The van der Waals surface area contributed by atoms with Crippen molar-refractivity contribution in [1.29, 1.82) is 0 Å². The van der Waals surface area contributed by atoms with Crippen LogP contribution in [-0.2, 0) is 11.2 Å². The van der Waals surface area contributed by atoms with E-state index in [2.05, 4.69) is 0 Å². The summed E-state index contributed by atoms with van der Waals surface area (Å²) in [5.41, 5.74) is 6.11. The lowest BCUT2D eigenvalue weighted by Crippen LogP contribution is -2.07. The molecular formula is C11H13Cl2NO. The molecule has 15 heavy (non-hydrogen) atoms. The van der Waals surface area contributed by atoms with E-state index in [-0.39, 0.29) is 5.78 Å². The topological polar surface area (TPSA) is 43.1 Å². The fourth-order valence-corrected chi connectivity index (χ4v) is 1.66. The molecule has 0 aliphatic heterocycles. The van der Waals surface area contributed by atoms with Gasteiger partial charge in [0.15, 0.2) is 0 Å². The molecule has 0 heterocycles. The lowest BCUT2D eigenvalue weighted by atomic mass is 10.1. The summed E-state index contributed by atoms with van der Waals surface area (Å²) in [5.74, 6) is 0.143. The zero-order valence-electron chi connectivity index (χ0n) is 8.30. The molecule has 0 aliphatic rings. The van der Waals surface area contributed by atoms with Crippen LogP contribution < -0.4 is 5.73 Å². The molecule has 4 heteroatoms. The number of carbonyl (C=O) groups excluding carboxylic acids is 1. The molecule has 0 aromatic heterocycles. The lowest BCUT2D eigenvalue weighted by Gasteiger charge is -2.03. The number of hydrogen-bond acceptors (Lipinski definition) is 2. The van der Waals surface area contributed by atoms with Crippen molar-refractivity contribution in [2.75, 3.05) is 6.54 Å². The molecule has 0 saturated heterocycles. The van der Waals surface area contributed by atoms with Crippen molar-refractivity contribution in [1.82, 2.24) is 0 Å². The Labute approximate surface area is 99.4 Å². The van der Waals surface area contributed by atoms with Crippen LogP contribution in [0.5, 0.6) is 0 Å². The second-order valence-electron chi connectivity index (χ2n) is 3.34. The average Bonchev–Trinajstić information content (AvgIpc) is 2.20. The first kappa shape index (κ1) is 12.5. The largest absolute Gasteiger partial charge is 0.330 e. The normalized spacial score (nSPS) is 10.3. The quantitative estimate of drug-likeness (QED) is 0.868. The van der Waals surface area contributed by atoms with Gasteiger partial charge in [0.1, 0.15) is 5.78 Å². The summed E-state index contributed by atoms with van der Waals surface area (Å²) in [6.45, 7) is 0.537. The minimum atomic E-state index is 0.143. The summed E-state index contributed by atoms with van der Waals surface area (Å²) in [6, 6.07) is 5.14. The minimum absolute atomic E-state index is 0.143. The molecule has 1 aromatic rings. The Kier molecular flexibility index (Phi) is 5.09. The van der Waals surface area contributed by atoms with Crippen LogP contribution in [0.2, 0.25) is 10.0 Å². The van der Waals surface area contributed by atoms with Crippen molar-refractivity contribution in [3.05, 3.63) is 33.8 Å². The number of halogens is 2. The molecule has 0 amide bonds. The van der Waals surface area contributed by atoms with Crippen LogP contribution in [0.25, 0.3) is 0 Å². The zero-order chi connectivity index (χ0) is 11.3. The van der Waals surface area contributed by atoms with Gasteiger partial charge in [0.2, 0.25) is 0 Å². The molecular weight excluding hydrogens is 233 g/mol. The predicted molar refractivity (Wildman–Crippen MR) is 63.5 cm³/mol. The minimum Gasteiger partial charge on any atom is -0.330 e. The highest BCUT2D eigenvalue weighted by atomic mass is 35.5. The fraction of sp³-hybridized carbons (Fsp3) is 0.364. The second-order valence-corrected chi connectivity index (χ2v) is 4.19. The molecule has 0 radical (unpaired) electrons. The van der Waals surface area contributed by atoms with Crippen molar-refractivity contribution < 1.29 is 4.79 Å². The Bertz CT molecular complexity index is 352. The standard InChI is InChI=1S/C11H13Cl2NO/c12-9-3-4-11(13)8(6-9)7-10(15)2-1-5-14/h3-4,6H,1-2,5,7,14H2. The van der Waals surface area contributed by atoms with Crippen molar-refractivity contribution in [2.45, 2.75) is 19.3 Å². The molecule has 0 aliphatic carbocycles. The van der Waals surface area contributed by atoms with Crippen LogP contribution >= 0.6 is 23.2 Å². The van der Waals surface area contributed by atoms with Crippen LogP contribution in [0.15, 0.2) is 18.2 Å². The molecule has 0 bridgehead atoms. The van der Waals surface area contributed by atoms with Gasteiger partial charge in [-0.1, -0.05) is 23.2 Å². The number of Topliss-reactive ketones (excluding diaryl/α,β-unsaturated/α-hetero) is 1.